The van der Waals surface area contributed by atoms with Gasteiger partial charge in [0, 0.05) is 18.6 Å². The number of hydrogen-bond donors (Lipinski definition) is 0. The van der Waals surface area contributed by atoms with Gasteiger partial charge in [-0.2, -0.15) is 0 Å². The van der Waals surface area contributed by atoms with E-state index in [0.717, 1.165) is 21.3 Å². The summed E-state index contributed by atoms with van der Waals surface area (Å²) in [5.41, 5.74) is 1.82. The highest BCUT2D eigenvalue weighted by molar-refractivity contribution is 5.77. The predicted molar refractivity (Wildman–Crippen MR) is 156 cm³/mol. The van der Waals surface area contributed by atoms with Crippen LogP contribution in [0.15, 0.2) is 107 Å². The highest BCUT2D eigenvalue weighted by Gasteiger charge is 2.28. The van der Waals surface area contributed by atoms with Gasteiger partial charge in [0.2, 0.25) is 5.91 Å². The van der Waals surface area contributed by atoms with E-state index in [1.807, 2.05) is 112 Å². The van der Waals surface area contributed by atoms with E-state index in [1.165, 1.54) is 4.57 Å². The monoisotopic (exact) mass is 535 g/mol. The molecule has 8 heteroatoms. The van der Waals surface area contributed by atoms with Crippen LogP contribution in [-0.4, -0.2) is 35.0 Å². The van der Waals surface area contributed by atoms with Crippen molar-refractivity contribution >= 4 is 17.1 Å². The number of rotatable bonds is 8. The molecule has 0 radical (unpaired) electrons. The van der Waals surface area contributed by atoms with Gasteiger partial charge in [-0.25, -0.2) is 14.3 Å². The molecule has 0 aliphatic heterocycles. The van der Waals surface area contributed by atoms with Crippen molar-refractivity contribution in [1.29, 1.82) is 0 Å². The van der Waals surface area contributed by atoms with Crippen molar-refractivity contribution in [2.24, 2.45) is 0 Å². The average molecular weight is 536 g/mol. The molecule has 5 rings (SSSR count). The first-order valence-electron chi connectivity index (χ1n) is 13.3. The van der Waals surface area contributed by atoms with Gasteiger partial charge in [0.25, 0.3) is 5.56 Å². The van der Waals surface area contributed by atoms with E-state index < -0.39 is 16.8 Å². The Morgan fingerprint density at radius 3 is 1.82 bits per heavy atom. The second-order valence-corrected chi connectivity index (χ2v) is 10.9. The lowest BCUT2D eigenvalue weighted by molar-refractivity contribution is -0.137. The number of imidazole rings is 1. The van der Waals surface area contributed by atoms with E-state index >= 15 is 0 Å². The van der Waals surface area contributed by atoms with E-state index in [4.69, 9.17) is 0 Å². The Kier molecular flexibility index (Phi) is 7.51. The summed E-state index contributed by atoms with van der Waals surface area (Å²) in [7, 11) is 0. The van der Waals surface area contributed by atoms with E-state index in [9.17, 15) is 14.4 Å². The number of amides is 1. The summed E-state index contributed by atoms with van der Waals surface area (Å²) in [4.78, 5) is 47.8. The van der Waals surface area contributed by atoms with Crippen LogP contribution in [0, 0.1) is 0 Å². The van der Waals surface area contributed by atoms with Crippen molar-refractivity contribution < 1.29 is 4.79 Å². The molecule has 40 heavy (non-hydrogen) atoms. The molecule has 0 bridgehead atoms. The van der Waals surface area contributed by atoms with Crippen LogP contribution < -0.4 is 11.2 Å². The van der Waals surface area contributed by atoms with Crippen LogP contribution in [0.3, 0.4) is 0 Å². The third-order valence-corrected chi connectivity index (χ3v) is 6.95. The number of benzene rings is 3. The van der Waals surface area contributed by atoms with Crippen molar-refractivity contribution in [2.45, 2.75) is 52.5 Å². The van der Waals surface area contributed by atoms with Crippen molar-refractivity contribution in [2.75, 3.05) is 0 Å². The van der Waals surface area contributed by atoms with Crippen LogP contribution in [-0.2, 0) is 31.0 Å². The van der Waals surface area contributed by atoms with Gasteiger partial charge in [-0.05, 0) is 37.5 Å². The maximum Gasteiger partial charge on any atom is 0.333 e. The second kappa shape index (κ2) is 11.2. The topological polar surface area (TPSA) is 82.1 Å². The quantitative estimate of drug-likeness (QED) is 0.297. The Morgan fingerprint density at radius 2 is 1.27 bits per heavy atom. The van der Waals surface area contributed by atoms with Gasteiger partial charge in [-0.15, -0.1) is 0 Å². The first kappa shape index (κ1) is 26.9. The van der Waals surface area contributed by atoms with Gasteiger partial charge >= 0.3 is 5.69 Å². The smallest absolute Gasteiger partial charge is 0.332 e. The molecule has 0 spiro atoms. The van der Waals surface area contributed by atoms with Crippen molar-refractivity contribution in [3.05, 3.63) is 135 Å². The summed E-state index contributed by atoms with van der Waals surface area (Å²) >= 11 is 0. The largest absolute Gasteiger partial charge is 0.333 e. The number of hydrogen-bond acceptors (Lipinski definition) is 4. The summed E-state index contributed by atoms with van der Waals surface area (Å²) in [5.74, 6) is -0.310. The average Bonchev–Trinajstić information content (AvgIpc) is 3.36. The van der Waals surface area contributed by atoms with E-state index in [1.54, 1.807) is 15.8 Å². The molecule has 1 amide bonds. The summed E-state index contributed by atoms with van der Waals surface area (Å²) < 4.78 is 4.29. The molecule has 204 valence electrons. The lowest BCUT2D eigenvalue weighted by Gasteiger charge is -2.36. The Hall–Kier alpha value is -4.72. The minimum Gasteiger partial charge on any atom is -0.332 e. The van der Waals surface area contributed by atoms with Gasteiger partial charge in [0.1, 0.15) is 6.54 Å². The number of aromatic nitrogens is 4. The standard InChI is InChI=1S/C32H33N5O3/c1-32(2,3)37(21-26-17-11-6-12-18-26)27(38)22-36-30(39)28-29(33-23-34(28)19-24-13-7-4-8-14-24)35(31(36)40)20-25-15-9-5-10-16-25/h4-18,23H,19-22H2,1-3H3. The zero-order valence-corrected chi connectivity index (χ0v) is 23.0. The molecule has 0 saturated heterocycles. The van der Waals surface area contributed by atoms with Gasteiger partial charge < -0.3 is 9.47 Å². The van der Waals surface area contributed by atoms with Gasteiger partial charge in [-0.1, -0.05) is 91.0 Å². The summed E-state index contributed by atoms with van der Waals surface area (Å²) in [5, 5.41) is 0. The minimum absolute atomic E-state index is 0.222. The van der Waals surface area contributed by atoms with Gasteiger partial charge in [-0.3, -0.25) is 14.2 Å². The number of carbonyl (C=O) groups is 1. The van der Waals surface area contributed by atoms with Crippen LogP contribution in [0.2, 0.25) is 0 Å². The maximum atomic E-state index is 13.9. The van der Waals surface area contributed by atoms with Gasteiger partial charge in [0.15, 0.2) is 11.2 Å². The van der Waals surface area contributed by atoms with Crippen LogP contribution in [0.4, 0.5) is 0 Å². The van der Waals surface area contributed by atoms with Crippen LogP contribution in [0.1, 0.15) is 37.5 Å². The summed E-state index contributed by atoms with van der Waals surface area (Å²) in [6, 6.07) is 29.0. The number of carbonyl (C=O) groups excluding carboxylic acids is 1. The molecule has 0 atom stereocenters. The lowest BCUT2D eigenvalue weighted by Crippen LogP contribution is -2.50. The van der Waals surface area contributed by atoms with Gasteiger partial charge in [0.05, 0.1) is 12.9 Å². The molecule has 0 aliphatic carbocycles. The molecule has 2 aromatic heterocycles. The zero-order valence-electron chi connectivity index (χ0n) is 23.0. The third-order valence-electron chi connectivity index (χ3n) is 6.95. The second-order valence-electron chi connectivity index (χ2n) is 10.9. The zero-order chi connectivity index (χ0) is 28.3. The number of nitrogens with zero attached hydrogens (tertiary/aromatic N) is 5. The highest BCUT2D eigenvalue weighted by atomic mass is 16.2. The summed E-state index contributed by atoms with van der Waals surface area (Å²) in [6.07, 6.45) is 1.59. The third kappa shape index (κ3) is 5.66. The molecule has 0 saturated carbocycles. The first-order chi connectivity index (χ1) is 19.2. The molecule has 5 aromatic rings. The molecule has 8 nitrogen and oxygen atoms in total. The molecule has 0 fully saturated rings. The molecule has 0 N–H and O–H groups in total. The first-order valence-corrected chi connectivity index (χ1v) is 13.3. The Bertz CT molecular complexity index is 1730. The van der Waals surface area contributed by atoms with Crippen molar-refractivity contribution in [1.82, 2.24) is 23.6 Å². The minimum atomic E-state index is -0.562. The van der Waals surface area contributed by atoms with Crippen LogP contribution in [0.5, 0.6) is 0 Å². The fraction of sp³-hybridized carbons (Fsp3) is 0.250. The molecule has 2 heterocycles. The predicted octanol–water partition coefficient (Wildman–Crippen LogP) is 4.28. The SMILES string of the molecule is CC(C)(C)N(Cc1ccccc1)C(=O)Cn1c(=O)c2c(ncn2Cc2ccccc2)n(Cc2ccccc2)c1=O. The van der Waals surface area contributed by atoms with Crippen molar-refractivity contribution in [3.63, 3.8) is 0 Å². The van der Waals surface area contributed by atoms with Crippen molar-refractivity contribution in [3.8, 4) is 0 Å². The Morgan fingerprint density at radius 1 is 0.750 bits per heavy atom. The fourth-order valence-corrected chi connectivity index (χ4v) is 4.87. The molecular formula is C32H33N5O3. The molecule has 3 aromatic carbocycles. The van der Waals surface area contributed by atoms with E-state index in [2.05, 4.69) is 4.98 Å². The van der Waals surface area contributed by atoms with Crippen LogP contribution in [0.25, 0.3) is 11.2 Å². The molecular weight excluding hydrogens is 502 g/mol. The van der Waals surface area contributed by atoms with Crippen LogP contribution >= 0.6 is 0 Å². The van der Waals surface area contributed by atoms with E-state index in [-0.39, 0.29) is 24.5 Å². The maximum absolute atomic E-state index is 13.9. The summed E-state index contributed by atoms with van der Waals surface area (Å²) in [6.45, 7) is 6.47. The highest BCUT2D eigenvalue weighted by Crippen LogP contribution is 2.19. The molecule has 0 unspecified atom stereocenters. The van der Waals surface area contributed by atoms with E-state index in [0.29, 0.717) is 18.7 Å². The number of fused-ring (bicyclic) bond motifs is 1. The molecule has 0 aliphatic rings. The fourth-order valence-electron chi connectivity index (χ4n) is 4.87. The normalized spacial score (nSPS) is 11.6. The Balaban J connectivity index is 1.61. The Labute approximate surface area is 232 Å². The lowest BCUT2D eigenvalue weighted by atomic mass is 10.0.